The zero-order chi connectivity index (χ0) is 14.2. The lowest BCUT2D eigenvalue weighted by Gasteiger charge is -2.39. The minimum absolute atomic E-state index is 0.189. The summed E-state index contributed by atoms with van der Waals surface area (Å²) in [6.45, 7) is 0. The Morgan fingerprint density at radius 2 is 1.80 bits per heavy atom. The number of hydrogen-bond acceptors (Lipinski definition) is 3. The molecule has 3 nitrogen and oxygen atoms in total. The molecule has 2 fully saturated rings. The molecule has 0 heterocycles. The van der Waals surface area contributed by atoms with Crippen LogP contribution in [0.2, 0.25) is 0 Å². The second kappa shape index (κ2) is 5.28. The SMILES string of the molecule is COc1ccc(C2(N)CCCC(C3CC3)C2)cc1OC. The van der Waals surface area contributed by atoms with Gasteiger partial charge in [0.25, 0.3) is 0 Å². The van der Waals surface area contributed by atoms with Crippen LogP contribution in [0.1, 0.15) is 44.1 Å². The van der Waals surface area contributed by atoms with E-state index >= 15 is 0 Å². The Morgan fingerprint density at radius 1 is 1.05 bits per heavy atom. The van der Waals surface area contributed by atoms with Crippen molar-refractivity contribution < 1.29 is 9.47 Å². The number of benzene rings is 1. The third-order valence-electron chi connectivity index (χ3n) is 5.07. The average molecular weight is 275 g/mol. The standard InChI is InChI=1S/C17H25NO2/c1-19-15-8-7-14(10-16(15)20-2)17(18)9-3-4-13(11-17)12-5-6-12/h7-8,10,12-13H,3-6,9,11,18H2,1-2H3. The monoisotopic (exact) mass is 275 g/mol. The van der Waals surface area contributed by atoms with E-state index in [4.69, 9.17) is 15.2 Å². The molecule has 0 aromatic heterocycles. The van der Waals surface area contributed by atoms with Crippen molar-refractivity contribution in [1.29, 1.82) is 0 Å². The first kappa shape index (κ1) is 13.7. The van der Waals surface area contributed by atoms with Crippen LogP contribution < -0.4 is 15.2 Å². The molecule has 3 rings (SSSR count). The van der Waals surface area contributed by atoms with E-state index in [2.05, 4.69) is 12.1 Å². The maximum atomic E-state index is 6.76. The zero-order valence-corrected chi connectivity index (χ0v) is 12.5. The third kappa shape index (κ3) is 2.51. The summed E-state index contributed by atoms with van der Waals surface area (Å²) in [6.07, 6.45) is 7.61. The van der Waals surface area contributed by atoms with Gasteiger partial charge in [-0.05, 0) is 55.2 Å². The third-order valence-corrected chi connectivity index (χ3v) is 5.07. The number of nitrogens with two attached hydrogens (primary N) is 1. The highest BCUT2D eigenvalue weighted by molar-refractivity contribution is 5.45. The molecule has 2 aliphatic carbocycles. The Bertz CT molecular complexity index is 484. The van der Waals surface area contributed by atoms with Crippen LogP contribution in [0.25, 0.3) is 0 Å². The van der Waals surface area contributed by atoms with Crippen molar-refractivity contribution >= 4 is 0 Å². The summed E-state index contributed by atoms with van der Waals surface area (Å²) in [7, 11) is 3.35. The summed E-state index contributed by atoms with van der Waals surface area (Å²) in [5.74, 6) is 3.32. The van der Waals surface area contributed by atoms with Crippen LogP contribution >= 0.6 is 0 Å². The quantitative estimate of drug-likeness (QED) is 0.915. The van der Waals surface area contributed by atoms with E-state index in [1.54, 1.807) is 14.2 Å². The van der Waals surface area contributed by atoms with Crippen molar-refractivity contribution in [2.75, 3.05) is 14.2 Å². The predicted octanol–water partition coefficient (Wildman–Crippen LogP) is 3.46. The number of hydrogen-bond donors (Lipinski definition) is 1. The van der Waals surface area contributed by atoms with Crippen molar-refractivity contribution in [3.8, 4) is 11.5 Å². The van der Waals surface area contributed by atoms with Gasteiger partial charge in [0.05, 0.1) is 14.2 Å². The van der Waals surface area contributed by atoms with Crippen LogP contribution in [-0.4, -0.2) is 14.2 Å². The summed E-state index contributed by atoms with van der Waals surface area (Å²) in [5.41, 5.74) is 7.76. The van der Waals surface area contributed by atoms with E-state index in [1.165, 1.54) is 31.2 Å². The first-order chi connectivity index (χ1) is 9.66. The van der Waals surface area contributed by atoms with Gasteiger partial charge in [0.1, 0.15) is 0 Å². The molecule has 2 N–H and O–H groups in total. The van der Waals surface area contributed by atoms with Crippen molar-refractivity contribution in [2.24, 2.45) is 17.6 Å². The maximum absolute atomic E-state index is 6.76. The number of ether oxygens (including phenoxy) is 2. The minimum Gasteiger partial charge on any atom is -0.493 e. The van der Waals surface area contributed by atoms with Crippen LogP contribution in [0.15, 0.2) is 18.2 Å². The Labute approximate surface area is 121 Å². The van der Waals surface area contributed by atoms with Gasteiger partial charge < -0.3 is 15.2 Å². The molecule has 20 heavy (non-hydrogen) atoms. The lowest BCUT2D eigenvalue weighted by Crippen LogP contribution is -2.41. The van der Waals surface area contributed by atoms with Crippen LogP contribution in [0.5, 0.6) is 11.5 Å². The van der Waals surface area contributed by atoms with E-state index in [1.807, 2.05) is 6.07 Å². The molecule has 2 saturated carbocycles. The number of methoxy groups -OCH3 is 2. The molecule has 2 atom stereocenters. The molecule has 0 amide bonds. The highest BCUT2D eigenvalue weighted by Gasteiger charge is 2.41. The second-order valence-corrected chi connectivity index (χ2v) is 6.42. The van der Waals surface area contributed by atoms with E-state index in [0.717, 1.165) is 36.2 Å². The van der Waals surface area contributed by atoms with Crippen LogP contribution in [-0.2, 0) is 5.54 Å². The van der Waals surface area contributed by atoms with E-state index < -0.39 is 0 Å². The molecule has 0 saturated heterocycles. The Balaban J connectivity index is 1.86. The molecule has 3 heteroatoms. The minimum atomic E-state index is -0.189. The van der Waals surface area contributed by atoms with Crippen molar-refractivity contribution in [3.63, 3.8) is 0 Å². The largest absolute Gasteiger partial charge is 0.493 e. The highest BCUT2D eigenvalue weighted by Crippen LogP contribution is 2.49. The smallest absolute Gasteiger partial charge is 0.161 e. The lowest BCUT2D eigenvalue weighted by molar-refractivity contribution is 0.206. The Kier molecular flexibility index (Phi) is 3.63. The number of rotatable bonds is 4. The highest BCUT2D eigenvalue weighted by atomic mass is 16.5. The van der Waals surface area contributed by atoms with Gasteiger partial charge in [0.2, 0.25) is 0 Å². The fourth-order valence-corrected chi connectivity index (χ4v) is 3.73. The first-order valence-corrected chi connectivity index (χ1v) is 7.67. The Morgan fingerprint density at radius 3 is 2.45 bits per heavy atom. The lowest BCUT2D eigenvalue weighted by atomic mass is 9.71. The molecule has 110 valence electrons. The summed E-state index contributed by atoms with van der Waals surface area (Å²) in [4.78, 5) is 0. The van der Waals surface area contributed by atoms with Crippen LogP contribution in [0, 0.1) is 11.8 Å². The zero-order valence-electron chi connectivity index (χ0n) is 12.5. The molecule has 1 aromatic carbocycles. The molecular formula is C17H25NO2. The fraction of sp³-hybridized carbons (Fsp3) is 0.647. The second-order valence-electron chi connectivity index (χ2n) is 6.42. The van der Waals surface area contributed by atoms with Gasteiger partial charge in [0, 0.05) is 5.54 Å². The normalized spacial score (nSPS) is 30.1. The molecular weight excluding hydrogens is 250 g/mol. The molecule has 0 bridgehead atoms. The van der Waals surface area contributed by atoms with Crippen molar-refractivity contribution in [2.45, 2.75) is 44.1 Å². The van der Waals surface area contributed by atoms with Gasteiger partial charge in [-0.25, -0.2) is 0 Å². The maximum Gasteiger partial charge on any atom is 0.161 e. The summed E-state index contributed by atoms with van der Waals surface area (Å²) >= 11 is 0. The van der Waals surface area contributed by atoms with Gasteiger partial charge in [-0.2, -0.15) is 0 Å². The van der Waals surface area contributed by atoms with E-state index in [-0.39, 0.29) is 5.54 Å². The van der Waals surface area contributed by atoms with E-state index in [0.29, 0.717) is 0 Å². The Hall–Kier alpha value is -1.22. The molecule has 0 radical (unpaired) electrons. The topological polar surface area (TPSA) is 44.5 Å². The average Bonchev–Trinajstić information content (AvgIpc) is 3.31. The molecule has 2 unspecified atom stereocenters. The first-order valence-electron chi connectivity index (χ1n) is 7.67. The molecule has 2 aliphatic rings. The van der Waals surface area contributed by atoms with Gasteiger partial charge in [0.15, 0.2) is 11.5 Å². The molecule has 0 aliphatic heterocycles. The van der Waals surface area contributed by atoms with Crippen LogP contribution in [0.4, 0.5) is 0 Å². The van der Waals surface area contributed by atoms with Crippen molar-refractivity contribution in [3.05, 3.63) is 23.8 Å². The summed E-state index contributed by atoms with van der Waals surface area (Å²) in [6, 6.07) is 6.15. The van der Waals surface area contributed by atoms with Crippen LogP contribution in [0.3, 0.4) is 0 Å². The van der Waals surface area contributed by atoms with Gasteiger partial charge in [-0.3, -0.25) is 0 Å². The predicted molar refractivity (Wildman–Crippen MR) is 80.1 cm³/mol. The molecule has 0 spiro atoms. The van der Waals surface area contributed by atoms with Gasteiger partial charge in [-0.15, -0.1) is 0 Å². The molecule has 1 aromatic rings. The van der Waals surface area contributed by atoms with E-state index in [9.17, 15) is 0 Å². The van der Waals surface area contributed by atoms with Gasteiger partial charge in [-0.1, -0.05) is 18.9 Å². The van der Waals surface area contributed by atoms with Gasteiger partial charge >= 0.3 is 0 Å². The van der Waals surface area contributed by atoms with Crippen molar-refractivity contribution in [1.82, 2.24) is 0 Å². The summed E-state index contributed by atoms with van der Waals surface area (Å²) < 4.78 is 10.7. The fourth-order valence-electron chi connectivity index (χ4n) is 3.73. The summed E-state index contributed by atoms with van der Waals surface area (Å²) in [5, 5.41) is 0.